The van der Waals surface area contributed by atoms with Gasteiger partial charge in [0.1, 0.15) is 0 Å². The maximum Gasteiger partial charge on any atom is 0.0661 e. The molecule has 1 N–H and O–H groups in total. The summed E-state index contributed by atoms with van der Waals surface area (Å²) in [6.07, 6.45) is 7.77. The van der Waals surface area contributed by atoms with Gasteiger partial charge in [-0.15, -0.1) is 0 Å². The van der Waals surface area contributed by atoms with Crippen LogP contribution in [0.1, 0.15) is 63.1 Å². The summed E-state index contributed by atoms with van der Waals surface area (Å²) >= 11 is 0. The predicted octanol–water partition coefficient (Wildman–Crippen LogP) is 4.50. The molecule has 1 saturated carbocycles. The fourth-order valence-electron chi connectivity index (χ4n) is 3.11. The number of aryl methyl sites for hydroxylation is 1. The van der Waals surface area contributed by atoms with Crippen LogP contribution in [0.3, 0.4) is 0 Å². The Kier molecular flexibility index (Phi) is 7.25. The standard InChI is InChI=1S/C19H31NO/c1-3-13-20-19(15-21-14-17-7-5-6-8-17)18-11-9-16(4-2)10-12-18/h9-12,17,19-20H,3-8,13-15H2,1-2H3. The summed E-state index contributed by atoms with van der Waals surface area (Å²) < 4.78 is 6.03. The molecule has 2 rings (SSSR count). The Balaban J connectivity index is 1.85. The average Bonchev–Trinajstić information content (AvgIpc) is 3.04. The first-order valence-corrected chi connectivity index (χ1v) is 8.73. The smallest absolute Gasteiger partial charge is 0.0661 e. The summed E-state index contributed by atoms with van der Waals surface area (Å²) in [5.41, 5.74) is 2.76. The number of benzene rings is 1. The fraction of sp³-hybridized carbons (Fsp3) is 0.684. The third-order valence-electron chi connectivity index (χ3n) is 4.54. The molecule has 1 aromatic rings. The van der Waals surface area contributed by atoms with E-state index in [1.54, 1.807) is 0 Å². The third kappa shape index (κ3) is 5.44. The van der Waals surface area contributed by atoms with Gasteiger partial charge in [0.2, 0.25) is 0 Å². The Labute approximate surface area is 130 Å². The zero-order valence-electron chi connectivity index (χ0n) is 13.7. The zero-order chi connectivity index (χ0) is 14.9. The maximum atomic E-state index is 6.03. The van der Waals surface area contributed by atoms with Crippen LogP contribution in [-0.4, -0.2) is 19.8 Å². The van der Waals surface area contributed by atoms with E-state index in [1.165, 1.54) is 36.8 Å². The Hall–Kier alpha value is -0.860. The summed E-state index contributed by atoms with van der Waals surface area (Å²) in [5, 5.41) is 3.62. The minimum absolute atomic E-state index is 0.331. The van der Waals surface area contributed by atoms with Crippen molar-refractivity contribution in [2.24, 2.45) is 5.92 Å². The van der Waals surface area contributed by atoms with Gasteiger partial charge in [0.05, 0.1) is 12.6 Å². The molecule has 0 radical (unpaired) electrons. The molecule has 2 heteroatoms. The summed E-state index contributed by atoms with van der Waals surface area (Å²) in [6, 6.07) is 9.33. The molecule has 1 aliphatic rings. The van der Waals surface area contributed by atoms with Crippen molar-refractivity contribution < 1.29 is 4.74 Å². The summed E-state index contributed by atoms with van der Waals surface area (Å²) in [5.74, 6) is 0.805. The number of rotatable bonds is 9. The van der Waals surface area contributed by atoms with Crippen molar-refractivity contribution in [1.82, 2.24) is 5.32 Å². The minimum Gasteiger partial charge on any atom is -0.379 e. The quantitative estimate of drug-likeness (QED) is 0.723. The molecule has 0 amide bonds. The Morgan fingerprint density at radius 2 is 1.86 bits per heavy atom. The van der Waals surface area contributed by atoms with E-state index in [2.05, 4.69) is 43.4 Å². The molecule has 0 saturated heterocycles. The molecule has 1 fully saturated rings. The highest BCUT2D eigenvalue weighted by atomic mass is 16.5. The Morgan fingerprint density at radius 1 is 1.14 bits per heavy atom. The molecule has 1 atom stereocenters. The van der Waals surface area contributed by atoms with Gasteiger partial charge in [-0.05, 0) is 49.3 Å². The number of hydrogen-bond donors (Lipinski definition) is 1. The number of ether oxygens (including phenoxy) is 1. The molecule has 0 spiro atoms. The lowest BCUT2D eigenvalue weighted by Gasteiger charge is -2.20. The van der Waals surface area contributed by atoms with E-state index in [-0.39, 0.29) is 0 Å². The maximum absolute atomic E-state index is 6.03. The van der Waals surface area contributed by atoms with Crippen molar-refractivity contribution in [2.75, 3.05) is 19.8 Å². The van der Waals surface area contributed by atoms with Crippen LogP contribution in [0, 0.1) is 5.92 Å². The second kappa shape index (κ2) is 9.22. The van der Waals surface area contributed by atoms with Crippen LogP contribution >= 0.6 is 0 Å². The van der Waals surface area contributed by atoms with E-state index in [4.69, 9.17) is 4.74 Å². The van der Waals surface area contributed by atoms with Crippen LogP contribution < -0.4 is 5.32 Å². The molecular weight excluding hydrogens is 258 g/mol. The first kappa shape index (κ1) is 16.5. The van der Waals surface area contributed by atoms with Gasteiger partial charge < -0.3 is 10.1 Å². The molecule has 2 nitrogen and oxygen atoms in total. The SMILES string of the molecule is CCCNC(COCC1CCCC1)c1ccc(CC)cc1. The first-order chi connectivity index (χ1) is 10.3. The lowest BCUT2D eigenvalue weighted by Crippen LogP contribution is -2.27. The Morgan fingerprint density at radius 3 is 2.48 bits per heavy atom. The van der Waals surface area contributed by atoms with Crippen LogP contribution in [0.15, 0.2) is 24.3 Å². The summed E-state index contributed by atoms with van der Waals surface area (Å²) in [7, 11) is 0. The van der Waals surface area contributed by atoms with Gasteiger partial charge in [-0.2, -0.15) is 0 Å². The highest BCUT2D eigenvalue weighted by Gasteiger charge is 2.16. The second-order valence-electron chi connectivity index (χ2n) is 6.29. The normalized spacial score (nSPS) is 17.2. The molecule has 21 heavy (non-hydrogen) atoms. The minimum atomic E-state index is 0.331. The van der Waals surface area contributed by atoms with E-state index in [0.717, 1.165) is 38.5 Å². The van der Waals surface area contributed by atoms with Crippen LogP contribution in [0.4, 0.5) is 0 Å². The highest BCUT2D eigenvalue weighted by Crippen LogP contribution is 2.25. The summed E-state index contributed by atoms with van der Waals surface area (Å²) in [4.78, 5) is 0. The lowest BCUT2D eigenvalue weighted by atomic mass is 10.0. The average molecular weight is 289 g/mol. The number of hydrogen-bond acceptors (Lipinski definition) is 2. The first-order valence-electron chi connectivity index (χ1n) is 8.73. The van der Waals surface area contributed by atoms with Crippen molar-refractivity contribution >= 4 is 0 Å². The van der Waals surface area contributed by atoms with Crippen molar-refractivity contribution in [2.45, 2.75) is 58.4 Å². The van der Waals surface area contributed by atoms with Gasteiger partial charge in [-0.3, -0.25) is 0 Å². The van der Waals surface area contributed by atoms with Crippen molar-refractivity contribution in [3.63, 3.8) is 0 Å². The van der Waals surface area contributed by atoms with Crippen LogP contribution in [-0.2, 0) is 11.2 Å². The van der Waals surface area contributed by atoms with Gasteiger partial charge in [0, 0.05) is 6.61 Å². The molecule has 0 heterocycles. The van der Waals surface area contributed by atoms with Crippen molar-refractivity contribution in [3.8, 4) is 0 Å². The molecule has 0 bridgehead atoms. The number of nitrogens with one attached hydrogen (secondary N) is 1. The highest BCUT2D eigenvalue weighted by molar-refractivity contribution is 5.25. The predicted molar refractivity (Wildman–Crippen MR) is 89.6 cm³/mol. The van der Waals surface area contributed by atoms with E-state index in [0.29, 0.717) is 6.04 Å². The van der Waals surface area contributed by atoms with E-state index >= 15 is 0 Å². The van der Waals surface area contributed by atoms with Gasteiger partial charge in [-0.25, -0.2) is 0 Å². The second-order valence-corrected chi connectivity index (χ2v) is 6.29. The third-order valence-corrected chi connectivity index (χ3v) is 4.54. The van der Waals surface area contributed by atoms with E-state index in [9.17, 15) is 0 Å². The Bertz CT molecular complexity index is 381. The van der Waals surface area contributed by atoms with Gasteiger partial charge in [0.25, 0.3) is 0 Å². The largest absolute Gasteiger partial charge is 0.379 e. The van der Waals surface area contributed by atoms with Gasteiger partial charge >= 0.3 is 0 Å². The monoisotopic (exact) mass is 289 g/mol. The summed E-state index contributed by atoms with van der Waals surface area (Å²) in [6.45, 7) is 7.20. The van der Waals surface area contributed by atoms with Crippen LogP contribution in [0.2, 0.25) is 0 Å². The van der Waals surface area contributed by atoms with Crippen LogP contribution in [0.25, 0.3) is 0 Å². The molecule has 0 aromatic heterocycles. The van der Waals surface area contributed by atoms with Crippen molar-refractivity contribution in [1.29, 1.82) is 0 Å². The zero-order valence-corrected chi connectivity index (χ0v) is 13.7. The topological polar surface area (TPSA) is 21.3 Å². The van der Waals surface area contributed by atoms with Gasteiger partial charge in [-0.1, -0.05) is 51.0 Å². The molecule has 118 valence electrons. The lowest BCUT2D eigenvalue weighted by molar-refractivity contribution is 0.0828. The molecule has 1 aliphatic carbocycles. The van der Waals surface area contributed by atoms with E-state index in [1.807, 2.05) is 0 Å². The molecule has 1 unspecified atom stereocenters. The molecular formula is C19H31NO. The van der Waals surface area contributed by atoms with E-state index < -0.39 is 0 Å². The van der Waals surface area contributed by atoms with Crippen LogP contribution in [0.5, 0.6) is 0 Å². The van der Waals surface area contributed by atoms with Crippen molar-refractivity contribution in [3.05, 3.63) is 35.4 Å². The molecule has 1 aromatic carbocycles. The fourth-order valence-corrected chi connectivity index (χ4v) is 3.11. The molecule has 0 aliphatic heterocycles. The van der Waals surface area contributed by atoms with Gasteiger partial charge in [0.15, 0.2) is 0 Å².